The molecule has 0 aromatic carbocycles. The number of anilines is 1. The molecule has 1 aliphatic rings. The third-order valence-electron chi connectivity index (χ3n) is 2.55. The molecule has 0 unspecified atom stereocenters. The Bertz CT molecular complexity index is 440. The van der Waals surface area contributed by atoms with Crippen LogP contribution >= 0.6 is 11.3 Å². The Morgan fingerprint density at radius 2 is 2.06 bits per heavy atom. The predicted octanol–water partition coefficient (Wildman–Crippen LogP) is 1.81. The van der Waals surface area contributed by atoms with E-state index in [1.54, 1.807) is 6.20 Å². The largest absolute Gasteiger partial charge is 0.463 e. The van der Waals surface area contributed by atoms with Gasteiger partial charge in [0.05, 0.1) is 13.1 Å². The number of aromatic nitrogens is 2. The first kappa shape index (κ1) is 9.59. The van der Waals surface area contributed by atoms with Crippen molar-refractivity contribution in [3.8, 4) is 5.19 Å². The number of pyridine rings is 1. The molecule has 2 aromatic heterocycles. The van der Waals surface area contributed by atoms with Crippen LogP contribution in [0.25, 0.3) is 0 Å². The Morgan fingerprint density at radius 1 is 1.25 bits per heavy atom. The van der Waals surface area contributed by atoms with Crippen LogP contribution in [-0.4, -0.2) is 29.2 Å². The minimum atomic E-state index is 0.263. The molecule has 1 fully saturated rings. The van der Waals surface area contributed by atoms with Gasteiger partial charge in [-0.25, -0.2) is 4.98 Å². The number of hydrogen-bond acceptors (Lipinski definition) is 5. The molecule has 3 heterocycles. The number of nitrogens with zero attached hydrogens (tertiary/aromatic N) is 3. The predicted molar refractivity (Wildman–Crippen MR) is 63.0 cm³/mol. The maximum absolute atomic E-state index is 5.69. The van der Waals surface area contributed by atoms with Crippen LogP contribution in [0.1, 0.15) is 0 Å². The van der Waals surface area contributed by atoms with Crippen molar-refractivity contribution in [2.45, 2.75) is 6.10 Å². The molecule has 5 heteroatoms. The van der Waals surface area contributed by atoms with Crippen LogP contribution in [0.15, 0.2) is 36.1 Å². The summed E-state index contributed by atoms with van der Waals surface area (Å²) in [4.78, 5) is 10.4. The van der Waals surface area contributed by atoms with E-state index < -0.39 is 0 Å². The fourth-order valence-corrected chi connectivity index (χ4v) is 2.24. The second kappa shape index (κ2) is 4.09. The second-order valence-electron chi connectivity index (χ2n) is 3.65. The normalized spacial score (nSPS) is 15.9. The van der Waals surface area contributed by atoms with E-state index in [1.807, 2.05) is 29.9 Å². The van der Waals surface area contributed by atoms with Gasteiger partial charge in [-0.2, -0.15) is 0 Å². The first-order valence-corrected chi connectivity index (χ1v) is 6.01. The molecule has 4 nitrogen and oxygen atoms in total. The summed E-state index contributed by atoms with van der Waals surface area (Å²) in [5.41, 5.74) is 1.20. The lowest BCUT2D eigenvalue weighted by Crippen LogP contribution is -2.54. The zero-order chi connectivity index (χ0) is 10.8. The summed E-state index contributed by atoms with van der Waals surface area (Å²) in [6.45, 7) is 1.84. The van der Waals surface area contributed by atoms with Crippen molar-refractivity contribution in [3.63, 3.8) is 0 Å². The van der Waals surface area contributed by atoms with Gasteiger partial charge < -0.3 is 9.64 Å². The molecular formula is C11H11N3OS. The fraction of sp³-hybridized carbons (Fsp3) is 0.273. The molecule has 82 valence electrons. The summed E-state index contributed by atoms with van der Waals surface area (Å²) in [6.07, 6.45) is 5.65. The van der Waals surface area contributed by atoms with Crippen LogP contribution in [0.5, 0.6) is 5.19 Å². The third-order valence-corrected chi connectivity index (χ3v) is 3.21. The summed E-state index contributed by atoms with van der Waals surface area (Å²) >= 11 is 1.54. The van der Waals surface area contributed by atoms with Crippen molar-refractivity contribution in [2.75, 3.05) is 18.0 Å². The standard InChI is InChI=1S/C11H11N3OS/c1-3-12-4-2-9(1)14-7-10(8-14)15-11-13-5-6-16-11/h1-6,10H,7-8H2. The van der Waals surface area contributed by atoms with E-state index in [1.165, 1.54) is 17.0 Å². The number of hydrogen-bond donors (Lipinski definition) is 0. The lowest BCUT2D eigenvalue weighted by atomic mass is 10.1. The molecular weight excluding hydrogens is 222 g/mol. The van der Waals surface area contributed by atoms with E-state index in [0.717, 1.165) is 18.3 Å². The van der Waals surface area contributed by atoms with E-state index >= 15 is 0 Å². The maximum atomic E-state index is 5.69. The van der Waals surface area contributed by atoms with Gasteiger partial charge in [-0.3, -0.25) is 4.98 Å². The highest BCUT2D eigenvalue weighted by molar-refractivity contribution is 7.11. The van der Waals surface area contributed by atoms with Crippen molar-refractivity contribution in [1.82, 2.24) is 9.97 Å². The summed E-state index contributed by atoms with van der Waals surface area (Å²) in [6, 6.07) is 4.03. The minimum absolute atomic E-state index is 0.263. The molecule has 0 atom stereocenters. The van der Waals surface area contributed by atoms with Crippen LogP contribution in [0, 0.1) is 0 Å². The topological polar surface area (TPSA) is 38.2 Å². The highest BCUT2D eigenvalue weighted by Crippen LogP contribution is 2.24. The molecule has 0 bridgehead atoms. The Labute approximate surface area is 97.5 Å². The molecule has 0 amide bonds. The van der Waals surface area contributed by atoms with Gasteiger partial charge in [0, 0.05) is 29.7 Å². The van der Waals surface area contributed by atoms with Gasteiger partial charge in [0.15, 0.2) is 0 Å². The average molecular weight is 233 g/mol. The van der Waals surface area contributed by atoms with Crippen LogP contribution in [0.4, 0.5) is 5.69 Å². The van der Waals surface area contributed by atoms with Crippen LogP contribution in [-0.2, 0) is 0 Å². The molecule has 0 aliphatic carbocycles. The Balaban J connectivity index is 1.55. The van der Waals surface area contributed by atoms with Gasteiger partial charge in [0.1, 0.15) is 6.10 Å². The van der Waals surface area contributed by atoms with Gasteiger partial charge in [-0.05, 0) is 12.1 Å². The molecule has 16 heavy (non-hydrogen) atoms. The van der Waals surface area contributed by atoms with Crippen LogP contribution in [0.2, 0.25) is 0 Å². The summed E-state index contributed by atoms with van der Waals surface area (Å²) in [5, 5.41) is 2.69. The monoisotopic (exact) mass is 233 g/mol. The van der Waals surface area contributed by atoms with Gasteiger partial charge in [0.25, 0.3) is 5.19 Å². The number of rotatable bonds is 3. The van der Waals surface area contributed by atoms with Gasteiger partial charge in [-0.15, -0.1) is 0 Å². The summed E-state index contributed by atoms with van der Waals surface area (Å²) in [5.74, 6) is 0. The van der Waals surface area contributed by atoms with E-state index in [-0.39, 0.29) is 6.10 Å². The molecule has 0 spiro atoms. The van der Waals surface area contributed by atoms with Gasteiger partial charge >= 0.3 is 0 Å². The van der Waals surface area contributed by atoms with E-state index in [4.69, 9.17) is 4.74 Å². The number of thiazole rings is 1. The Morgan fingerprint density at radius 3 is 2.75 bits per heavy atom. The molecule has 1 saturated heterocycles. The van der Waals surface area contributed by atoms with E-state index in [9.17, 15) is 0 Å². The van der Waals surface area contributed by atoms with Crippen molar-refractivity contribution in [1.29, 1.82) is 0 Å². The molecule has 0 N–H and O–H groups in total. The lowest BCUT2D eigenvalue weighted by molar-refractivity contribution is 0.167. The first-order valence-electron chi connectivity index (χ1n) is 5.13. The zero-order valence-corrected chi connectivity index (χ0v) is 9.43. The fourth-order valence-electron chi connectivity index (χ4n) is 1.69. The molecule has 0 radical (unpaired) electrons. The van der Waals surface area contributed by atoms with Gasteiger partial charge in [-0.1, -0.05) is 11.3 Å². The van der Waals surface area contributed by atoms with Crippen LogP contribution in [0.3, 0.4) is 0 Å². The maximum Gasteiger partial charge on any atom is 0.273 e. The smallest absolute Gasteiger partial charge is 0.273 e. The van der Waals surface area contributed by atoms with E-state index in [2.05, 4.69) is 14.9 Å². The molecule has 3 rings (SSSR count). The SMILES string of the molecule is c1cc(N2CC(Oc3nccs3)C2)ccn1. The van der Waals surface area contributed by atoms with Crippen molar-refractivity contribution < 1.29 is 4.74 Å². The number of ether oxygens (including phenoxy) is 1. The second-order valence-corrected chi connectivity index (χ2v) is 4.51. The quantitative estimate of drug-likeness (QED) is 0.810. The average Bonchev–Trinajstić information content (AvgIpc) is 2.77. The minimum Gasteiger partial charge on any atom is -0.463 e. The Hall–Kier alpha value is -1.62. The summed E-state index contributed by atoms with van der Waals surface area (Å²) in [7, 11) is 0. The van der Waals surface area contributed by atoms with Crippen molar-refractivity contribution >= 4 is 17.0 Å². The summed E-state index contributed by atoms with van der Waals surface area (Å²) < 4.78 is 5.69. The third kappa shape index (κ3) is 1.86. The Kier molecular flexibility index (Phi) is 2.46. The molecule has 1 aliphatic heterocycles. The molecule has 2 aromatic rings. The lowest BCUT2D eigenvalue weighted by Gasteiger charge is -2.39. The van der Waals surface area contributed by atoms with Crippen molar-refractivity contribution in [3.05, 3.63) is 36.1 Å². The molecule has 0 saturated carbocycles. The van der Waals surface area contributed by atoms with Crippen LogP contribution < -0.4 is 9.64 Å². The zero-order valence-electron chi connectivity index (χ0n) is 8.61. The highest BCUT2D eigenvalue weighted by Gasteiger charge is 2.29. The van der Waals surface area contributed by atoms with Gasteiger partial charge in [0.2, 0.25) is 0 Å². The highest BCUT2D eigenvalue weighted by atomic mass is 32.1. The first-order chi connectivity index (χ1) is 7.92. The van der Waals surface area contributed by atoms with Crippen molar-refractivity contribution in [2.24, 2.45) is 0 Å². The van der Waals surface area contributed by atoms with E-state index in [0.29, 0.717) is 0 Å².